The highest BCUT2D eigenvalue weighted by Gasteiger charge is 2.39. The molecule has 4 heteroatoms. The second-order valence-electron chi connectivity index (χ2n) is 6.77. The Bertz CT molecular complexity index is 449. The van der Waals surface area contributed by atoms with Gasteiger partial charge in [-0.1, -0.05) is 13.3 Å². The van der Waals surface area contributed by atoms with E-state index in [9.17, 15) is 4.79 Å². The standard InChI is InChI=1S/C17H27NO3/c1-4-7-17(9-12-21-16(2,3)13-17)8-10-18-15(19)14-6-5-11-20-14/h5-6,11H,4,7-10,12-13H2,1-3H3,(H,18,19)/t17-/m0/s1. The molecule has 0 aliphatic carbocycles. The average molecular weight is 293 g/mol. The average Bonchev–Trinajstić information content (AvgIpc) is 2.91. The van der Waals surface area contributed by atoms with Crippen molar-refractivity contribution >= 4 is 5.91 Å². The fraction of sp³-hybridized carbons (Fsp3) is 0.706. The SMILES string of the molecule is CCC[C@]1(CCNC(=O)c2ccco2)CCOC(C)(C)C1. The van der Waals surface area contributed by atoms with Crippen LogP contribution in [0, 0.1) is 5.41 Å². The molecule has 0 saturated carbocycles. The van der Waals surface area contributed by atoms with E-state index >= 15 is 0 Å². The maximum atomic E-state index is 11.9. The van der Waals surface area contributed by atoms with Gasteiger partial charge in [0.05, 0.1) is 11.9 Å². The van der Waals surface area contributed by atoms with Crippen LogP contribution < -0.4 is 5.32 Å². The minimum Gasteiger partial charge on any atom is -0.459 e. The molecule has 1 atom stereocenters. The molecule has 1 aromatic heterocycles. The third-order valence-corrected chi connectivity index (χ3v) is 4.39. The van der Waals surface area contributed by atoms with Crippen molar-refractivity contribution in [1.82, 2.24) is 5.32 Å². The van der Waals surface area contributed by atoms with Gasteiger partial charge in [-0.15, -0.1) is 0 Å². The maximum Gasteiger partial charge on any atom is 0.286 e. The topological polar surface area (TPSA) is 51.5 Å². The van der Waals surface area contributed by atoms with Gasteiger partial charge in [0.1, 0.15) is 0 Å². The molecule has 1 amide bonds. The minimum absolute atomic E-state index is 0.0571. The molecule has 1 fully saturated rings. The Balaban J connectivity index is 1.89. The van der Waals surface area contributed by atoms with Gasteiger partial charge in [-0.3, -0.25) is 4.79 Å². The molecule has 1 aromatic rings. The first-order valence-electron chi connectivity index (χ1n) is 7.92. The van der Waals surface area contributed by atoms with Gasteiger partial charge < -0.3 is 14.5 Å². The van der Waals surface area contributed by atoms with Gasteiger partial charge in [0, 0.05) is 13.2 Å². The normalized spacial score (nSPS) is 24.7. The Hall–Kier alpha value is -1.29. The summed E-state index contributed by atoms with van der Waals surface area (Å²) in [6.07, 6.45) is 7.03. The molecule has 0 unspecified atom stereocenters. The molecular weight excluding hydrogens is 266 g/mol. The summed E-state index contributed by atoms with van der Waals surface area (Å²) in [5.41, 5.74) is 0.228. The molecule has 1 N–H and O–H groups in total. The molecule has 2 heterocycles. The zero-order valence-electron chi connectivity index (χ0n) is 13.4. The molecule has 118 valence electrons. The van der Waals surface area contributed by atoms with E-state index in [1.54, 1.807) is 12.1 Å². The van der Waals surface area contributed by atoms with Crippen LogP contribution in [-0.4, -0.2) is 24.7 Å². The number of nitrogens with one attached hydrogen (secondary N) is 1. The van der Waals surface area contributed by atoms with Gasteiger partial charge in [-0.2, -0.15) is 0 Å². The van der Waals surface area contributed by atoms with Crippen LogP contribution in [-0.2, 0) is 4.74 Å². The van der Waals surface area contributed by atoms with Crippen molar-refractivity contribution in [3.8, 4) is 0 Å². The first-order chi connectivity index (χ1) is 9.96. The van der Waals surface area contributed by atoms with Crippen molar-refractivity contribution in [2.24, 2.45) is 5.41 Å². The highest BCUT2D eigenvalue weighted by atomic mass is 16.5. The van der Waals surface area contributed by atoms with Crippen molar-refractivity contribution in [2.75, 3.05) is 13.2 Å². The van der Waals surface area contributed by atoms with Crippen molar-refractivity contribution < 1.29 is 13.9 Å². The lowest BCUT2D eigenvalue weighted by Gasteiger charge is -2.45. The zero-order chi connectivity index (χ0) is 15.3. The lowest BCUT2D eigenvalue weighted by atomic mass is 9.69. The van der Waals surface area contributed by atoms with E-state index in [1.807, 2.05) is 0 Å². The van der Waals surface area contributed by atoms with Crippen LogP contribution in [0.15, 0.2) is 22.8 Å². The van der Waals surface area contributed by atoms with E-state index in [-0.39, 0.29) is 16.9 Å². The van der Waals surface area contributed by atoms with E-state index in [4.69, 9.17) is 9.15 Å². The summed E-state index contributed by atoms with van der Waals surface area (Å²) in [5, 5.41) is 2.97. The van der Waals surface area contributed by atoms with Crippen molar-refractivity contribution in [3.63, 3.8) is 0 Å². The van der Waals surface area contributed by atoms with E-state index in [2.05, 4.69) is 26.1 Å². The molecule has 2 rings (SSSR count). The van der Waals surface area contributed by atoms with Crippen LogP contribution in [0.5, 0.6) is 0 Å². The summed E-state index contributed by atoms with van der Waals surface area (Å²) in [6, 6.07) is 3.42. The lowest BCUT2D eigenvalue weighted by molar-refractivity contribution is -0.109. The van der Waals surface area contributed by atoms with Gasteiger partial charge in [-0.05, 0) is 57.1 Å². The molecule has 0 radical (unpaired) electrons. The number of carbonyl (C=O) groups excluding carboxylic acids is 1. The van der Waals surface area contributed by atoms with Gasteiger partial charge in [0.2, 0.25) is 0 Å². The summed E-state index contributed by atoms with van der Waals surface area (Å²) in [7, 11) is 0. The second kappa shape index (κ2) is 6.65. The molecule has 0 spiro atoms. The van der Waals surface area contributed by atoms with Crippen LogP contribution in [0.2, 0.25) is 0 Å². The molecule has 21 heavy (non-hydrogen) atoms. The largest absolute Gasteiger partial charge is 0.459 e. The number of amides is 1. The molecule has 0 aromatic carbocycles. The number of carbonyl (C=O) groups is 1. The molecule has 1 aliphatic heterocycles. The van der Waals surface area contributed by atoms with Crippen LogP contribution in [0.1, 0.15) is 63.4 Å². The van der Waals surface area contributed by atoms with Crippen molar-refractivity contribution in [3.05, 3.63) is 24.2 Å². The summed E-state index contributed by atoms with van der Waals surface area (Å²) >= 11 is 0. The second-order valence-corrected chi connectivity index (χ2v) is 6.77. The Morgan fingerprint density at radius 2 is 2.19 bits per heavy atom. The third-order valence-electron chi connectivity index (χ3n) is 4.39. The fourth-order valence-corrected chi connectivity index (χ4v) is 3.60. The molecule has 1 aliphatic rings. The fourth-order valence-electron chi connectivity index (χ4n) is 3.60. The predicted molar refractivity (Wildman–Crippen MR) is 82.3 cm³/mol. The zero-order valence-corrected chi connectivity index (χ0v) is 13.4. The van der Waals surface area contributed by atoms with E-state index < -0.39 is 0 Å². The van der Waals surface area contributed by atoms with Crippen molar-refractivity contribution in [1.29, 1.82) is 0 Å². The first kappa shape index (κ1) is 16.1. The Kier molecular flexibility index (Phi) is 5.09. The Morgan fingerprint density at radius 3 is 2.81 bits per heavy atom. The number of hydrogen-bond acceptors (Lipinski definition) is 3. The Labute approximate surface area is 127 Å². The van der Waals surface area contributed by atoms with Crippen LogP contribution in [0.4, 0.5) is 0 Å². The van der Waals surface area contributed by atoms with Gasteiger partial charge >= 0.3 is 0 Å². The third kappa shape index (κ3) is 4.34. The predicted octanol–water partition coefficient (Wildman–Crippen LogP) is 3.78. The quantitative estimate of drug-likeness (QED) is 0.868. The van der Waals surface area contributed by atoms with Gasteiger partial charge in [0.25, 0.3) is 5.91 Å². The molecule has 4 nitrogen and oxygen atoms in total. The minimum atomic E-state index is -0.127. The number of rotatable bonds is 6. The number of hydrogen-bond donors (Lipinski definition) is 1. The summed E-state index contributed by atoms with van der Waals surface area (Å²) in [6.45, 7) is 8.07. The summed E-state index contributed by atoms with van der Waals surface area (Å²) in [5.74, 6) is 0.254. The highest BCUT2D eigenvalue weighted by Crippen LogP contribution is 2.44. The van der Waals surface area contributed by atoms with Gasteiger partial charge in [-0.25, -0.2) is 0 Å². The highest BCUT2D eigenvalue weighted by molar-refractivity contribution is 5.91. The smallest absolute Gasteiger partial charge is 0.286 e. The molecule has 1 saturated heterocycles. The van der Waals surface area contributed by atoms with Crippen molar-refractivity contribution in [2.45, 2.75) is 58.5 Å². The number of ether oxygens (including phenoxy) is 1. The van der Waals surface area contributed by atoms with E-state index in [0.717, 1.165) is 25.9 Å². The molecule has 0 bridgehead atoms. The molecular formula is C17H27NO3. The maximum absolute atomic E-state index is 11.9. The van der Waals surface area contributed by atoms with E-state index in [0.29, 0.717) is 12.3 Å². The summed E-state index contributed by atoms with van der Waals surface area (Å²) < 4.78 is 11.0. The Morgan fingerprint density at radius 1 is 1.38 bits per heavy atom. The van der Waals surface area contributed by atoms with Crippen LogP contribution >= 0.6 is 0 Å². The summed E-state index contributed by atoms with van der Waals surface area (Å²) in [4.78, 5) is 11.9. The van der Waals surface area contributed by atoms with E-state index in [1.165, 1.54) is 19.1 Å². The lowest BCUT2D eigenvalue weighted by Crippen LogP contribution is -2.43. The number of furan rings is 1. The first-order valence-corrected chi connectivity index (χ1v) is 7.92. The van der Waals surface area contributed by atoms with Gasteiger partial charge in [0.15, 0.2) is 5.76 Å². The van der Waals surface area contributed by atoms with Crippen LogP contribution in [0.25, 0.3) is 0 Å². The monoisotopic (exact) mass is 293 g/mol. The van der Waals surface area contributed by atoms with Crippen LogP contribution in [0.3, 0.4) is 0 Å².